The molecule has 0 bridgehead atoms. The zero-order chi connectivity index (χ0) is 12.3. The molecule has 0 atom stereocenters. The maximum Gasteiger partial charge on any atom is 0.355 e. The number of hydrogen-bond acceptors (Lipinski definition) is 4. The molecular formula is C11H14BrN3O2. The van der Waals surface area contributed by atoms with Crippen LogP contribution in [0.4, 0.5) is 5.95 Å². The highest BCUT2D eigenvalue weighted by atomic mass is 79.9. The average Bonchev–Trinajstić information content (AvgIpc) is 2.58. The Morgan fingerprint density at radius 2 is 1.94 bits per heavy atom. The van der Waals surface area contributed by atoms with Crippen molar-refractivity contribution in [2.45, 2.75) is 25.7 Å². The van der Waals surface area contributed by atoms with E-state index >= 15 is 0 Å². The van der Waals surface area contributed by atoms with Gasteiger partial charge in [0, 0.05) is 19.3 Å². The zero-order valence-corrected chi connectivity index (χ0v) is 11.0. The van der Waals surface area contributed by atoms with Gasteiger partial charge in [0.15, 0.2) is 5.69 Å². The summed E-state index contributed by atoms with van der Waals surface area (Å²) in [6, 6.07) is 0. The van der Waals surface area contributed by atoms with E-state index in [4.69, 9.17) is 5.11 Å². The smallest absolute Gasteiger partial charge is 0.355 e. The highest BCUT2D eigenvalue weighted by Crippen LogP contribution is 2.19. The van der Waals surface area contributed by atoms with Crippen molar-refractivity contribution in [3.63, 3.8) is 0 Å². The summed E-state index contributed by atoms with van der Waals surface area (Å²) >= 11 is 3.15. The fourth-order valence-corrected chi connectivity index (χ4v) is 2.29. The standard InChI is InChI=1S/C11H14BrN3O2/c12-8-7-13-11(14-9(8)10(16)17)15-5-3-1-2-4-6-15/h7H,1-6H2,(H,16,17). The molecule has 0 saturated carbocycles. The molecule has 2 rings (SSSR count). The van der Waals surface area contributed by atoms with E-state index < -0.39 is 5.97 Å². The molecule has 0 spiro atoms. The fourth-order valence-electron chi connectivity index (χ4n) is 1.93. The molecule has 5 nitrogen and oxygen atoms in total. The number of aromatic carboxylic acids is 1. The number of carbonyl (C=O) groups is 1. The van der Waals surface area contributed by atoms with Crippen molar-refractivity contribution in [1.82, 2.24) is 9.97 Å². The van der Waals surface area contributed by atoms with E-state index in [0.717, 1.165) is 25.9 Å². The average molecular weight is 300 g/mol. The third kappa shape index (κ3) is 2.94. The van der Waals surface area contributed by atoms with Crippen LogP contribution in [0.15, 0.2) is 10.7 Å². The Labute approximate surface area is 108 Å². The summed E-state index contributed by atoms with van der Waals surface area (Å²) in [5.74, 6) is -0.511. The lowest BCUT2D eigenvalue weighted by Crippen LogP contribution is -2.26. The minimum atomic E-state index is -1.03. The predicted octanol–water partition coefficient (Wildman–Crippen LogP) is 2.32. The van der Waals surface area contributed by atoms with E-state index in [-0.39, 0.29) is 5.69 Å². The molecule has 0 aliphatic carbocycles. The van der Waals surface area contributed by atoms with Crippen LogP contribution in [-0.2, 0) is 0 Å². The first-order valence-corrected chi connectivity index (χ1v) is 6.48. The molecule has 17 heavy (non-hydrogen) atoms. The molecule has 0 radical (unpaired) electrons. The minimum Gasteiger partial charge on any atom is -0.476 e. The molecule has 1 aromatic rings. The third-order valence-corrected chi connectivity index (χ3v) is 3.40. The summed E-state index contributed by atoms with van der Waals surface area (Å²) in [6.07, 6.45) is 6.18. The Bertz CT molecular complexity index is 417. The van der Waals surface area contributed by atoms with Crippen LogP contribution in [0.2, 0.25) is 0 Å². The van der Waals surface area contributed by atoms with Gasteiger partial charge in [-0.25, -0.2) is 14.8 Å². The topological polar surface area (TPSA) is 66.3 Å². The van der Waals surface area contributed by atoms with Crippen molar-refractivity contribution in [3.05, 3.63) is 16.4 Å². The van der Waals surface area contributed by atoms with Gasteiger partial charge in [-0.2, -0.15) is 0 Å². The summed E-state index contributed by atoms with van der Waals surface area (Å²) in [7, 11) is 0. The minimum absolute atomic E-state index is 0.0271. The van der Waals surface area contributed by atoms with Gasteiger partial charge in [0.1, 0.15) is 0 Å². The lowest BCUT2D eigenvalue weighted by atomic mass is 10.2. The molecule has 1 saturated heterocycles. The molecule has 0 aromatic carbocycles. The van der Waals surface area contributed by atoms with Gasteiger partial charge < -0.3 is 10.0 Å². The van der Waals surface area contributed by atoms with E-state index in [2.05, 4.69) is 30.8 Å². The number of carboxylic acids is 1. The summed E-state index contributed by atoms with van der Waals surface area (Å²) in [5.41, 5.74) is 0.0271. The van der Waals surface area contributed by atoms with Crippen LogP contribution in [0.3, 0.4) is 0 Å². The highest BCUT2D eigenvalue weighted by molar-refractivity contribution is 9.10. The van der Waals surface area contributed by atoms with E-state index in [9.17, 15) is 4.79 Å². The monoisotopic (exact) mass is 299 g/mol. The number of aromatic nitrogens is 2. The molecule has 1 N–H and O–H groups in total. The Morgan fingerprint density at radius 1 is 1.29 bits per heavy atom. The van der Waals surface area contributed by atoms with Gasteiger partial charge in [0.25, 0.3) is 0 Å². The van der Waals surface area contributed by atoms with Crippen molar-refractivity contribution in [3.8, 4) is 0 Å². The van der Waals surface area contributed by atoms with Crippen molar-refractivity contribution in [1.29, 1.82) is 0 Å². The fraction of sp³-hybridized carbons (Fsp3) is 0.545. The van der Waals surface area contributed by atoms with Crippen molar-refractivity contribution >= 4 is 27.8 Å². The molecule has 0 unspecified atom stereocenters. The van der Waals surface area contributed by atoms with Crippen LogP contribution < -0.4 is 4.90 Å². The van der Waals surface area contributed by atoms with Crippen LogP contribution in [0.1, 0.15) is 36.2 Å². The lowest BCUT2D eigenvalue weighted by molar-refractivity contribution is 0.0689. The quantitative estimate of drug-likeness (QED) is 0.908. The van der Waals surface area contributed by atoms with Crippen molar-refractivity contribution in [2.24, 2.45) is 0 Å². The SMILES string of the molecule is O=C(O)c1nc(N2CCCCCC2)ncc1Br. The van der Waals surface area contributed by atoms with E-state index in [1.807, 2.05) is 0 Å². The Kier molecular flexibility index (Phi) is 3.93. The number of halogens is 1. The zero-order valence-electron chi connectivity index (χ0n) is 9.40. The number of hydrogen-bond donors (Lipinski definition) is 1. The van der Waals surface area contributed by atoms with Gasteiger partial charge in [-0.1, -0.05) is 12.8 Å². The summed E-state index contributed by atoms with van der Waals surface area (Å²) in [4.78, 5) is 21.3. The molecule has 2 heterocycles. The number of nitrogens with zero attached hydrogens (tertiary/aromatic N) is 3. The van der Waals surface area contributed by atoms with Crippen LogP contribution in [0, 0.1) is 0 Å². The molecule has 6 heteroatoms. The molecule has 1 fully saturated rings. The van der Waals surface area contributed by atoms with E-state index in [1.54, 1.807) is 0 Å². The summed E-state index contributed by atoms with van der Waals surface area (Å²) < 4.78 is 0.420. The first-order chi connectivity index (χ1) is 8.18. The molecule has 1 aliphatic rings. The summed E-state index contributed by atoms with van der Waals surface area (Å²) in [5, 5.41) is 9.01. The first kappa shape index (κ1) is 12.3. The van der Waals surface area contributed by atoms with Crippen LogP contribution in [0.5, 0.6) is 0 Å². The Balaban J connectivity index is 2.25. The maximum atomic E-state index is 11.0. The second-order valence-corrected chi connectivity index (χ2v) is 4.93. The maximum absolute atomic E-state index is 11.0. The molecular weight excluding hydrogens is 286 g/mol. The number of carboxylic acid groups (broad SMARTS) is 1. The summed E-state index contributed by atoms with van der Waals surface area (Å²) in [6.45, 7) is 1.81. The van der Waals surface area contributed by atoms with Crippen LogP contribution in [0.25, 0.3) is 0 Å². The van der Waals surface area contributed by atoms with Gasteiger partial charge in [-0.3, -0.25) is 0 Å². The Hall–Kier alpha value is -1.17. The highest BCUT2D eigenvalue weighted by Gasteiger charge is 2.17. The normalized spacial score (nSPS) is 16.6. The second-order valence-electron chi connectivity index (χ2n) is 4.07. The number of anilines is 1. The largest absolute Gasteiger partial charge is 0.476 e. The van der Waals surface area contributed by atoms with Crippen molar-refractivity contribution < 1.29 is 9.90 Å². The van der Waals surface area contributed by atoms with Gasteiger partial charge in [-0.05, 0) is 28.8 Å². The van der Waals surface area contributed by atoms with E-state index in [1.165, 1.54) is 19.0 Å². The predicted molar refractivity (Wildman–Crippen MR) is 67.4 cm³/mol. The van der Waals surface area contributed by atoms with Gasteiger partial charge in [0.05, 0.1) is 4.47 Å². The Morgan fingerprint density at radius 3 is 2.53 bits per heavy atom. The van der Waals surface area contributed by atoms with Gasteiger partial charge >= 0.3 is 5.97 Å². The number of rotatable bonds is 2. The van der Waals surface area contributed by atoms with Gasteiger partial charge in [0.2, 0.25) is 5.95 Å². The van der Waals surface area contributed by atoms with E-state index in [0.29, 0.717) is 10.4 Å². The lowest BCUT2D eigenvalue weighted by Gasteiger charge is -2.20. The first-order valence-electron chi connectivity index (χ1n) is 5.69. The molecule has 1 aliphatic heterocycles. The van der Waals surface area contributed by atoms with Crippen molar-refractivity contribution in [2.75, 3.05) is 18.0 Å². The van der Waals surface area contributed by atoms with Crippen LogP contribution >= 0.6 is 15.9 Å². The third-order valence-electron chi connectivity index (χ3n) is 2.82. The molecule has 1 aromatic heterocycles. The van der Waals surface area contributed by atoms with Gasteiger partial charge in [-0.15, -0.1) is 0 Å². The second kappa shape index (κ2) is 5.44. The molecule has 0 amide bonds. The molecule has 92 valence electrons. The van der Waals surface area contributed by atoms with Crippen LogP contribution in [-0.4, -0.2) is 34.1 Å².